The number of hydrogen-bond acceptors (Lipinski definition) is 6. The van der Waals surface area contributed by atoms with E-state index in [1.54, 1.807) is 18.2 Å². The number of carbonyl (C=O) groups is 2. The van der Waals surface area contributed by atoms with Crippen molar-refractivity contribution in [3.8, 4) is 11.5 Å². The molecule has 38 heavy (non-hydrogen) atoms. The lowest BCUT2D eigenvalue weighted by Crippen LogP contribution is -2.41. The van der Waals surface area contributed by atoms with Crippen molar-refractivity contribution in [3.05, 3.63) is 58.7 Å². The largest absolute Gasteiger partial charge is 0.342 e. The van der Waals surface area contributed by atoms with E-state index in [0.717, 1.165) is 55.7 Å². The third-order valence-corrected chi connectivity index (χ3v) is 7.96. The first-order chi connectivity index (χ1) is 18.3. The van der Waals surface area contributed by atoms with Crippen LogP contribution in [0, 0.1) is 5.82 Å². The van der Waals surface area contributed by atoms with E-state index in [9.17, 15) is 9.59 Å². The maximum Gasteiger partial charge on any atom is 0.259 e. The minimum Gasteiger partial charge on any atom is -0.342 e. The number of fused-ring (bicyclic) bond motifs is 2. The number of aryl methyl sites for hydroxylation is 1. The molecular weight excluding hydrogens is 485 g/mol. The van der Waals surface area contributed by atoms with Crippen molar-refractivity contribution in [3.63, 3.8) is 0 Å². The summed E-state index contributed by atoms with van der Waals surface area (Å²) in [4.78, 5) is 34.3. The van der Waals surface area contributed by atoms with Gasteiger partial charge in [0.15, 0.2) is 5.82 Å². The molecule has 1 N–H and O–H groups in total. The summed E-state index contributed by atoms with van der Waals surface area (Å²) < 4.78 is 17.1. The first kappa shape index (κ1) is 24.7. The van der Waals surface area contributed by atoms with Gasteiger partial charge in [-0.25, -0.2) is 9.37 Å². The molecule has 0 saturated carbocycles. The highest BCUT2D eigenvalue weighted by molar-refractivity contribution is 6.04. The minimum absolute atomic E-state index is 0.0341. The van der Waals surface area contributed by atoms with Gasteiger partial charge in [-0.05, 0) is 74.9 Å². The number of nitrogens with one attached hydrogen (secondary N) is 1. The Labute approximate surface area is 221 Å². The van der Waals surface area contributed by atoms with Gasteiger partial charge in [0, 0.05) is 38.1 Å². The maximum absolute atomic E-state index is 15.0. The Morgan fingerprint density at radius 2 is 1.87 bits per heavy atom. The number of anilines is 1. The maximum atomic E-state index is 15.0. The average molecular weight is 518 g/mol. The highest BCUT2D eigenvalue weighted by atomic mass is 19.1. The summed E-state index contributed by atoms with van der Waals surface area (Å²) in [5.74, 6) is 0.910. The number of benzene rings is 1. The van der Waals surface area contributed by atoms with Gasteiger partial charge in [0.2, 0.25) is 5.91 Å². The van der Waals surface area contributed by atoms with Crippen molar-refractivity contribution in [2.24, 2.45) is 0 Å². The van der Waals surface area contributed by atoms with Crippen LogP contribution in [0.1, 0.15) is 60.4 Å². The van der Waals surface area contributed by atoms with Crippen molar-refractivity contribution in [1.82, 2.24) is 29.5 Å². The molecule has 1 fully saturated rings. The molecular formula is C28H32FN7O2. The Balaban J connectivity index is 1.19. The fourth-order valence-corrected chi connectivity index (χ4v) is 5.83. The lowest BCUT2D eigenvalue weighted by molar-refractivity contribution is -0.131. The van der Waals surface area contributed by atoms with Crippen LogP contribution in [0.2, 0.25) is 0 Å². The molecule has 0 spiro atoms. The molecule has 1 aromatic carbocycles. The van der Waals surface area contributed by atoms with Crippen LogP contribution in [0.15, 0.2) is 30.3 Å². The predicted molar refractivity (Wildman–Crippen MR) is 140 cm³/mol. The van der Waals surface area contributed by atoms with Crippen molar-refractivity contribution in [2.45, 2.75) is 58.0 Å². The second-order valence-corrected chi connectivity index (χ2v) is 11.1. The van der Waals surface area contributed by atoms with Crippen molar-refractivity contribution in [2.75, 3.05) is 31.5 Å². The third kappa shape index (κ3) is 4.57. The summed E-state index contributed by atoms with van der Waals surface area (Å²) in [7, 11) is 0. The predicted octanol–water partition coefficient (Wildman–Crippen LogP) is 3.39. The van der Waals surface area contributed by atoms with E-state index >= 15 is 4.39 Å². The van der Waals surface area contributed by atoms with Crippen LogP contribution in [0.25, 0.3) is 11.5 Å². The SMILES string of the molecule is CC1(C)CCc2nnc(-c3cccc(NC(=O)c4cc5c(cc4F)CCN(CC(=O)N4CCCC4)C5)n3)n21. The van der Waals surface area contributed by atoms with E-state index in [0.29, 0.717) is 43.4 Å². The molecule has 0 bridgehead atoms. The molecule has 0 aliphatic carbocycles. The van der Waals surface area contributed by atoms with E-state index in [2.05, 4.69) is 43.8 Å². The zero-order valence-corrected chi connectivity index (χ0v) is 21.8. The second kappa shape index (κ2) is 9.58. The standard InChI is InChI=1S/C28H32FN7O2/c1-28(2)10-8-24-32-33-26(36(24)28)22-6-5-7-23(30-22)31-27(38)20-14-19-16-34(13-9-18(19)15-21(20)29)17-25(37)35-11-3-4-12-35/h5-7,14-15H,3-4,8-13,16-17H2,1-2H3,(H,30,31,38). The smallest absolute Gasteiger partial charge is 0.259 e. The van der Waals surface area contributed by atoms with Gasteiger partial charge >= 0.3 is 0 Å². The molecule has 0 unspecified atom stereocenters. The molecule has 10 heteroatoms. The monoisotopic (exact) mass is 517 g/mol. The van der Waals surface area contributed by atoms with Crippen LogP contribution in [0.4, 0.5) is 10.2 Å². The number of aromatic nitrogens is 4. The fourth-order valence-electron chi connectivity index (χ4n) is 5.83. The van der Waals surface area contributed by atoms with E-state index in [-0.39, 0.29) is 17.0 Å². The molecule has 3 aliphatic heterocycles. The Hall–Kier alpha value is -3.66. The van der Waals surface area contributed by atoms with Crippen molar-refractivity contribution < 1.29 is 14.0 Å². The van der Waals surface area contributed by atoms with Crippen molar-refractivity contribution in [1.29, 1.82) is 0 Å². The van der Waals surface area contributed by atoms with Gasteiger partial charge in [0.25, 0.3) is 5.91 Å². The molecule has 2 aromatic heterocycles. The number of nitrogens with zero attached hydrogens (tertiary/aromatic N) is 6. The van der Waals surface area contributed by atoms with Gasteiger partial charge in [-0.3, -0.25) is 14.5 Å². The number of carbonyl (C=O) groups excluding carboxylic acids is 2. The minimum atomic E-state index is -0.563. The summed E-state index contributed by atoms with van der Waals surface area (Å²) in [5, 5.41) is 11.4. The summed E-state index contributed by atoms with van der Waals surface area (Å²) >= 11 is 0. The summed E-state index contributed by atoms with van der Waals surface area (Å²) in [6, 6.07) is 8.37. The van der Waals surface area contributed by atoms with Crippen LogP contribution < -0.4 is 5.32 Å². The van der Waals surface area contributed by atoms with E-state index < -0.39 is 11.7 Å². The highest BCUT2D eigenvalue weighted by Gasteiger charge is 2.34. The molecule has 198 valence electrons. The van der Waals surface area contributed by atoms with Gasteiger partial charge in [-0.1, -0.05) is 6.07 Å². The number of likely N-dealkylation sites (tertiary alicyclic amines) is 1. The van der Waals surface area contributed by atoms with Gasteiger partial charge < -0.3 is 14.8 Å². The number of rotatable bonds is 5. The topological polar surface area (TPSA) is 96.2 Å². The quantitative estimate of drug-likeness (QED) is 0.557. The normalized spacial score (nSPS) is 18.3. The highest BCUT2D eigenvalue weighted by Crippen LogP contribution is 2.35. The van der Waals surface area contributed by atoms with E-state index in [1.807, 2.05) is 11.0 Å². The summed E-state index contributed by atoms with van der Waals surface area (Å²) in [6.07, 6.45) is 4.59. The second-order valence-electron chi connectivity index (χ2n) is 11.1. The number of hydrogen-bond donors (Lipinski definition) is 1. The van der Waals surface area contributed by atoms with Gasteiger partial charge in [0.05, 0.1) is 12.1 Å². The molecule has 6 rings (SSSR count). The lowest BCUT2D eigenvalue weighted by Gasteiger charge is -2.30. The molecule has 0 radical (unpaired) electrons. The zero-order chi connectivity index (χ0) is 26.4. The molecule has 0 atom stereocenters. The Bertz CT molecular complexity index is 1410. The van der Waals surface area contributed by atoms with Crippen molar-refractivity contribution >= 4 is 17.6 Å². The summed E-state index contributed by atoms with van der Waals surface area (Å²) in [6.45, 7) is 7.48. The third-order valence-electron chi connectivity index (χ3n) is 7.96. The average Bonchev–Trinajstić information content (AvgIpc) is 3.63. The molecule has 1 saturated heterocycles. The first-order valence-electron chi connectivity index (χ1n) is 13.3. The number of halogens is 1. The molecule has 3 aliphatic rings. The zero-order valence-electron chi connectivity index (χ0n) is 21.8. The van der Waals surface area contributed by atoms with Crippen LogP contribution in [0.5, 0.6) is 0 Å². The van der Waals surface area contributed by atoms with Gasteiger partial charge in [-0.2, -0.15) is 0 Å². The molecule has 5 heterocycles. The van der Waals surface area contributed by atoms with E-state index in [4.69, 9.17) is 0 Å². The van der Waals surface area contributed by atoms with Gasteiger partial charge in [0.1, 0.15) is 23.2 Å². The van der Waals surface area contributed by atoms with Crippen LogP contribution in [-0.2, 0) is 29.7 Å². The van der Waals surface area contributed by atoms with Crippen LogP contribution >= 0.6 is 0 Å². The van der Waals surface area contributed by atoms with Crippen LogP contribution in [0.3, 0.4) is 0 Å². The molecule has 3 aromatic rings. The van der Waals surface area contributed by atoms with E-state index in [1.165, 1.54) is 6.07 Å². The number of pyridine rings is 1. The summed E-state index contributed by atoms with van der Waals surface area (Å²) in [5.41, 5.74) is 2.20. The Morgan fingerprint density at radius 1 is 1.05 bits per heavy atom. The molecule has 2 amide bonds. The number of amides is 2. The fraction of sp³-hybridized carbons (Fsp3) is 0.464. The Kier molecular flexibility index (Phi) is 6.22. The first-order valence-corrected chi connectivity index (χ1v) is 13.3. The van der Waals surface area contributed by atoms with Crippen LogP contribution in [-0.4, -0.2) is 67.5 Å². The Morgan fingerprint density at radius 3 is 2.68 bits per heavy atom. The lowest BCUT2D eigenvalue weighted by atomic mass is 9.96. The van der Waals surface area contributed by atoms with Gasteiger partial charge in [-0.15, -0.1) is 10.2 Å². The molecule has 9 nitrogen and oxygen atoms in total.